The minimum atomic E-state index is -5.84. The Bertz CT molecular complexity index is 762. The van der Waals surface area contributed by atoms with E-state index in [-0.39, 0.29) is 5.41 Å². The van der Waals surface area contributed by atoms with Crippen molar-refractivity contribution in [3.8, 4) is 11.1 Å². The molecule has 0 saturated heterocycles. The van der Waals surface area contributed by atoms with Gasteiger partial charge in [0, 0.05) is 0 Å². The van der Waals surface area contributed by atoms with Crippen LogP contribution in [0.3, 0.4) is 0 Å². The molecule has 3 nitrogen and oxygen atoms in total. The monoisotopic (exact) mass is 360 g/mol. The van der Waals surface area contributed by atoms with Crippen LogP contribution in [-0.2, 0) is 15.5 Å². The molecule has 2 rings (SSSR count). The number of benzene rings is 2. The molecule has 1 N–H and O–H groups in total. The molecule has 0 heterocycles. The lowest BCUT2D eigenvalue weighted by Crippen LogP contribution is -2.21. The molecular formula is C17H19F3O3S. The molecule has 2 aromatic rings. The smallest absolute Gasteiger partial charge is 0.279 e. The van der Waals surface area contributed by atoms with Gasteiger partial charge >= 0.3 is 15.6 Å². The maximum absolute atomic E-state index is 10.7. The van der Waals surface area contributed by atoms with E-state index >= 15 is 0 Å². The van der Waals surface area contributed by atoms with Gasteiger partial charge in [0.25, 0.3) is 0 Å². The Kier molecular flexibility index (Phi) is 6.19. The summed E-state index contributed by atoms with van der Waals surface area (Å²) in [5, 5.41) is 0. The average molecular weight is 360 g/mol. The Balaban J connectivity index is 0.000000307. The summed E-state index contributed by atoms with van der Waals surface area (Å²) in [5.41, 5.74) is -1.35. The minimum Gasteiger partial charge on any atom is -0.279 e. The molecular weight excluding hydrogens is 341 g/mol. The maximum atomic E-state index is 10.7. The van der Waals surface area contributed by atoms with E-state index in [1.807, 2.05) is 0 Å². The molecule has 0 aromatic heterocycles. The van der Waals surface area contributed by atoms with Crippen LogP contribution in [0.2, 0.25) is 0 Å². The van der Waals surface area contributed by atoms with Crippen LogP contribution in [0.1, 0.15) is 26.3 Å². The minimum absolute atomic E-state index is 0.213. The van der Waals surface area contributed by atoms with Crippen LogP contribution < -0.4 is 0 Å². The number of halogens is 3. The van der Waals surface area contributed by atoms with Gasteiger partial charge in [-0.2, -0.15) is 21.6 Å². The van der Waals surface area contributed by atoms with Crippen molar-refractivity contribution >= 4 is 10.1 Å². The third-order valence-electron chi connectivity index (χ3n) is 3.13. The molecule has 0 aliphatic rings. The van der Waals surface area contributed by atoms with Crippen molar-refractivity contribution < 1.29 is 26.1 Å². The summed E-state index contributed by atoms with van der Waals surface area (Å²) in [6, 6.07) is 19.3. The molecule has 0 amide bonds. The van der Waals surface area contributed by atoms with Crippen LogP contribution in [0.25, 0.3) is 11.1 Å². The summed E-state index contributed by atoms with van der Waals surface area (Å²) in [6.07, 6.45) is 0. The second-order valence-corrected chi connectivity index (χ2v) is 7.53. The van der Waals surface area contributed by atoms with Crippen molar-refractivity contribution in [2.75, 3.05) is 0 Å². The highest BCUT2D eigenvalue weighted by Gasteiger charge is 2.44. The largest absolute Gasteiger partial charge is 0.522 e. The summed E-state index contributed by atoms with van der Waals surface area (Å²) in [6.45, 7) is 6.74. The lowest BCUT2D eigenvalue weighted by atomic mass is 9.85. The molecule has 0 bridgehead atoms. The molecule has 0 unspecified atom stereocenters. The van der Waals surface area contributed by atoms with Crippen molar-refractivity contribution in [1.82, 2.24) is 0 Å². The SMILES string of the molecule is CC(C)(C)c1cccc(-c2ccccc2)c1.O=S(=O)(O)C(F)(F)F. The molecule has 0 fully saturated rings. The van der Waals surface area contributed by atoms with Gasteiger partial charge in [-0.3, -0.25) is 4.55 Å². The van der Waals surface area contributed by atoms with Crippen LogP contribution >= 0.6 is 0 Å². The van der Waals surface area contributed by atoms with E-state index < -0.39 is 15.6 Å². The predicted octanol–water partition coefficient (Wildman–Crippen LogP) is 5.05. The van der Waals surface area contributed by atoms with Gasteiger partial charge in [0.15, 0.2) is 0 Å². The van der Waals surface area contributed by atoms with Crippen LogP contribution in [0.4, 0.5) is 13.2 Å². The number of hydrogen-bond acceptors (Lipinski definition) is 2. The fourth-order valence-electron chi connectivity index (χ4n) is 1.80. The second-order valence-electron chi connectivity index (χ2n) is 6.12. The van der Waals surface area contributed by atoms with E-state index in [2.05, 4.69) is 75.4 Å². The third kappa shape index (κ3) is 5.98. The molecule has 132 valence electrons. The zero-order valence-corrected chi connectivity index (χ0v) is 14.3. The van der Waals surface area contributed by atoms with Crippen LogP contribution in [-0.4, -0.2) is 18.5 Å². The van der Waals surface area contributed by atoms with Crippen molar-refractivity contribution in [1.29, 1.82) is 0 Å². The van der Waals surface area contributed by atoms with Crippen molar-refractivity contribution in [2.45, 2.75) is 31.7 Å². The first-order chi connectivity index (χ1) is 10.8. The first-order valence-electron chi connectivity index (χ1n) is 7.02. The lowest BCUT2D eigenvalue weighted by molar-refractivity contribution is -0.0510. The maximum Gasteiger partial charge on any atom is 0.522 e. The molecule has 2 aromatic carbocycles. The summed E-state index contributed by atoms with van der Waals surface area (Å²) in [7, 11) is -5.84. The fourth-order valence-corrected chi connectivity index (χ4v) is 1.80. The molecule has 0 aliphatic carbocycles. The van der Waals surface area contributed by atoms with E-state index in [1.54, 1.807) is 0 Å². The van der Waals surface area contributed by atoms with Crippen molar-refractivity contribution in [2.24, 2.45) is 0 Å². The normalized spacial score (nSPS) is 12.3. The first kappa shape index (κ1) is 20.2. The summed E-state index contributed by atoms with van der Waals surface area (Å²) < 4.78 is 57.5. The molecule has 0 saturated carbocycles. The summed E-state index contributed by atoms with van der Waals surface area (Å²) in [5.74, 6) is 0. The molecule has 0 atom stereocenters. The number of hydrogen-bond donors (Lipinski definition) is 1. The second kappa shape index (κ2) is 7.36. The van der Waals surface area contributed by atoms with Gasteiger partial charge in [0.2, 0.25) is 0 Å². The zero-order valence-electron chi connectivity index (χ0n) is 13.5. The number of rotatable bonds is 1. The standard InChI is InChI=1S/C16H18.CHF3O3S/c1-16(2,3)15-11-7-10-14(12-15)13-8-5-4-6-9-13;2-1(3,4)8(5,6)7/h4-12H,1-3H3;(H,5,6,7). The van der Waals surface area contributed by atoms with Gasteiger partial charge < -0.3 is 0 Å². The van der Waals surface area contributed by atoms with Crippen molar-refractivity contribution in [3.63, 3.8) is 0 Å². The van der Waals surface area contributed by atoms with E-state index in [0.717, 1.165) is 0 Å². The van der Waals surface area contributed by atoms with E-state index in [9.17, 15) is 13.2 Å². The summed E-state index contributed by atoms with van der Waals surface area (Å²) >= 11 is 0. The van der Waals surface area contributed by atoms with Crippen LogP contribution in [0.15, 0.2) is 54.6 Å². The summed E-state index contributed by atoms with van der Waals surface area (Å²) in [4.78, 5) is 0. The van der Waals surface area contributed by atoms with Crippen LogP contribution in [0.5, 0.6) is 0 Å². The van der Waals surface area contributed by atoms with Gasteiger partial charge in [0.1, 0.15) is 0 Å². The van der Waals surface area contributed by atoms with Gasteiger partial charge in [-0.15, -0.1) is 0 Å². The van der Waals surface area contributed by atoms with E-state index in [4.69, 9.17) is 13.0 Å². The Hall–Kier alpha value is -1.86. The Morgan fingerprint density at radius 2 is 1.29 bits per heavy atom. The highest BCUT2D eigenvalue weighted by atomic mass is 32.2. The average Bonchev–Trinajstić information content (AvgIpc) is 2.46. The Morgan fingerprint density at radius 3 is 1.71 bits per heavy atom. The molecule has 0 radical (unpaired) electrons. The fraction of sp³-hybridized carbons (Fsp3) is 0.294. The van der Waals surface area contributed by atoms with Crippen LogP contribution in [0, 0.1) is 0 Å². The van der Waals surface area contributed by atoms with Gasteiger partial charge in [-0.25, -0.2) is 0 Å². The van der Waals surface area contributed by atoms with Gasteiger partial charge in [0.05, 0.1) is 0 Å². The Labute approximate surface area is 139 Å². The quantitative estimate of drug-likeness (QED) is 0.572. The molecule has 0 spiro atoms. The predicted molar refractivity (Wildman–Crippen MR) is 88.2 cm³/mol. The van der Waals surface area contributed by atoms with E-state index in [0.29, 0.717) is 0 Å². The van der Waals surface area contributed by atoms with Gasteiger partial charge in [-0.1, -0.05) is 75.4 Å². The Morgan fingerprint density at radius 1 is 0.833 bits per heavy atom. The first-order valence-corrected chi connectivity index (χ1v) is 8.46. The highest BCUT2D eigenvalue weighted by Crippen LogP contribution is 2.27. The van der Waals surface area contributed by atoms with Gasteiger partial charge in [-0.05, 0) is 22.1 Å². The lowest BCUT2D eigenvalue weighted by Gasteiger charge is -2.19. The molecule has 7 heteroatoms. The third-order valence-corrected chi connectivity index (χ3v) is 3.71. The molecule has 24 heavy (non-hydrogen) atoms. The zero-order chi connectivity index (χ0) is 18.6. The topological polar surface area (TPSA) is 54.4 Å². The van der Waals surface area contributed by atoms with Crippen molar-refractivity contribution in [3.05, 3.63) is 60.2 Å². The molecule has 0 aliphatic heterocycles. The number of alkyl halides is 3. The van der Waals surface area contributed by atoms with E-state index in [1.165, 1.54) is 16.7 Å². The highest BCUT2D eigenvalue weighted by molar-refractivity contribution is 7.86.